The lowest BCUT2D eigenvalue weighted by Gasteiger charge is -2.14. The number of hydrogen-bond donors (Lipinski definition) is 1. The molecule has 0 spiro atoms. The zero-order valence-electron chi connectivity index (χ0n) is 14.2. The van der Waals surface area contributed by atoms with E-state index in [2.05, 4.69) is 10.4 Å². The molecule has 1 atom stereocenters. The molecule has 1 aromatic carbocycles. The van der Waals surface area contributed by atoms with E-state index in [4.69, 9.17) is 4.74 Å². The molecular weight excluding hydrogens is 338 g/mol. The van der Waals surface area contributed by atoms with E-state index in [1.807, 2.05) is 24.3 Å². The largest absolute Gasteiger partial charge is 0.497 e. The molecule has 0 saturated heterocycles. The van der Waals surface area contributed by atoms with Crippen LogP contribution in [-0.2, 0) is 27.1 Å². The van der Waals surface area contributed by atoms with Crippen LogP contribution in [0.4, 0.5) is 5.82 Å². The van der Waals surface area contributed by atoms with Crippen molar-refractivity contribution in [1.82, 2.24) is 9.78 Å². The van der Waals surface area contributed by atoms with Crippen LogP contribution in [0, 0.1) is 5.92 Å². The SMILES string of the molecule is COc1ccc(-n2nc3c(c2NC(=O)C2CCCC2)C[S@@](=O)C3)cc1. The molecule has 1 saturated carbocycles. The number of ether oxygens (including phenoxy) is 1. The third kappa shape index (κ3) is 3.08. The summed E-state index contributed by atoms with van der Waals surface area (Å²) in [7, 11) is 0.693. The molecule has 7 heteroatoms. The van der Waals surface area contributed by atoms with Crippen LogP contribution in [0.3, 0.4) is 0 Å². The van der Waals surface area contributed by atoms with Gasteiger partial charge in [0.15, 0.2) is 0 Å². The molecule has 25 heavy (non-hydrogen) atoms. The van der Waals surface area contributed by atoms with Crippen LogP contribution in [0.25, 0.3) is 5.69 Å². The molecule has 0 unspecified atom stereocenters. The minimum absolute atomic E-state index is 0.0487. The number of amides is 1. The topological polar surface area (TPSA) is 73.2 Å². The first-order chi connectivity index (χ1) is 12.2. The van der Waals surface area contributed by atoms with Gasteiger partial charge in [-0.05, 0) is 37.1 Å². The average molecular weight is 359 g/mol. The van der Waals surface area contributed by atoms with E-state index in [0.717, 1.165) is 48.4 Å². The molecule has 6 nitrogen and oxygen atoms in total. The summed E-state index contributed by atoms with van der Waals surface area (Å²) in [5.41, 5.74) is 2.57. The summed E-state index contributed by atoms with van der Waals surface area (Å²) in [6.45, 7) is 0. The Labute approximate surface area is 149 Å². The Morgan fingerprint density at radius 2 is 1.96 bits per heavy atom. The number of nitrogens with one attached hydrogen (secondary N) is 1. The number of benzene rings is 1. The Bertz CT molecular complexity index is 823. The smallest absolute Gasteiger partial charge is 0.228 e. The van der Waals surface area contributed by atoms with Gasteiger partial charge in [0.2, 0.25) is 5.91 Å². The fourth-order valence-electron chi connectivity index (χ4n) is 3.57. The second kappa shape index (κ2) is 6.63. The molecular formula is C18H21N3O3S. The molecule has 0 bridgehead atoms. The summed E-state index contributed by atoms with van der Waals surface area (Å²) < 4.78 is 18.9. The third-order valence-electron chi connectivity index (χ3n) is 4.95. The van der Waals surface area contributed by atoms with Crippen LogP contribution in [0.15, 0.2) is 24.3 Å². The van der Waals surface area contributed by atoms with Crippen molar-refractivity contribution >= 4 is 22.5 Å². The number of hydrogen-bond acceptors (Lipinski definition) is 4. The monoisotopic (exact) mass is 359 g/mol. The predicted octanol–water partition coefficient (Wildman–Crippen LogP) is 2.77. The fourth-order valence-corrected chi connectivity index (χ4v) is 4.84. The van der Waals surface area contributed by atoms with Crippen LogP contribution < -0.4 is 10.1 Å². The van der Waals surface area contributed by atoms with Gasteiger partial charge in [0.1, 0.15) is 11.6 Å². The van der Waals surface area contributed by atoms with E-state index in [9.17, 15) is 9.00 Å². The van der Waals surface area contributed by atoms with Gasteiger partial charge in [-0.1, -0.05) is 12.8 Å². The molecule has 2 heterocycles. The number of nitrogens with zero attached hydrogens (tertiary/aromatic N) is 2. The van der Waals surface area contributed by atoms with E-state index in [-0.39, 0.29) is 11.8 Å². The Kier molecular flexibility index (Phi) is 4.33. The number of carbonyl (C=O) groups excluding carboxylic acids is 1. The lowest BCUT2D eigenvalue weighted by atomic mass is 10.1. The molecule has 2 aromatic rings. The normalized spacial score (nSPS) is 19.8. The molecule has 1 aliphatic carbocycles. The highest BCUT2D eigenvalue weighted by Crippen LogP contribution is 2.33. The predicted molar refractivity (Wildman–Crippen MR) is 96.3 cm³/mol. The van der Waals surface area contributed by atoms with Crippen molar-refractivity contribution in [2.24, 2.45) is 5.92 Å². The van der Waals surface area contributed by atoms with Crippen molar-refractivity contribution in [3.05, 3.63) is 35.5 Å². The van der Waals surface area contributed by atoms with Crippen molar-refractivity contribution in [2.75, 3.05) is 12.4 Å². The summed E-state index contributed by atoms with van der Waals surface area (Å²) in [6, 6.07) is 7.54. The first-order valence-electron chi connectivity index (χ1n) is 8.56. The van der Waals surface area contributed by atoms with Crippen LogP contribution in [0.1, 0.15) is 36.9 Å². The minimum atomic E-state index is -0.932. The van der Waals surface area contributed by atoms with E-state index < -0.39 is 10.8 Å². The zero-order valence-corrected chi connectivity index (χ0v) is 15.0. The Balaban J connectivity index is 1.69. The van der Waals surface area contributed by atoms with Crippen molar-refractivity contribution in [1.29, 1.82) is 0 Å². The third-order valence-corrected chi connectivity index (χ3v) is 6.16. The fraction of sp³-hybridized carbons (Fsp3) is 0.444. The molecule has 132 valence electrons. The molecule has 1 aromatic heterocycles. The molecule has 4 rings (SSSR count). The number of anilines is 1. The standard InChI is InChI=1S/C18H21N3O3S/c1-24-14-8-6-13(7-9-14)21-17(15-10-25(23)11-16(15)20-21)19-18(22)12-4-2-3-5-12/h6-9,12H,2-5,10-11H2,1H3,(H,19,22)/t25-/m1/s1. The molecule has 1 aliphatic heterocycles. The van der Waals surface area contributed by atoms with Gasteiger partial charge >= 0.3 is 0 Å². The van der Waals surface area contributed by atoms with E-state index >= 15 is 0 Å². The van der Waals surface area contributed by atoms with Gasteiger partial charge in [0.05, 0.1) is 30.0 Å². The average Bonchev–Trinajstić information content (AvgIpc) is 3.33. The van der Waals surface area contributed by atoms with E-state index in [1.54, 1.807) is 11.8 Å². The Morgan fingerprint density at radius 3 is 2.64 bits per heavy atom. The summed E-state index contributed by atoms with van der Waals surface area (Å²) in [4.78, 5) is 12.6. The molecule has 1 amide bonds. The van der Waals surface area contributed by atoms with Gasteiger partial charge in [-0.25, -0.2) is 4.68 Å². The summed E-state index contributed by atoms with van der Waals surface area (Å²) in [6.07, 6.45) is 4.10. The minimum Gasteiger partial charge on any atom is -0.497 e. The number of rotatable bonds is 4. The van der Waals surface area contributed by atoms with Crippen molar-refractivity contribution < 1.29 is 13.7 Å². The van der Waals surface area contributed by atoms with Crippen molar-refractivity contribution in [3.8, 4) is 11.4 Å². The maximum atomic E-state index is 12.6. The zero-order chi connectivity index (χ0) is 17.4. The van der Waals surface area contributed by atoms with Crippen LogP contribution in [0.5, 0.6) is 5.75 Å². The molecule has 1 N–H and O–H groups in total. The van der Waals surface area contributed by atoms with Gasteiger partial charge in [-0.2, -0.15) is 5.10 Å². The van der Waals surface area contributed by atoms with Gasteiger partial charge in [0.25, 0.3) is 0 Å². The number of carbonyl (C=O) groups is 1. The quantitative estimate of drug-likeness (QED) is 0.911. The summed E-state index contributed by atoms with van der Waals surface area (Å²) in [5, 5.41) is 7.69. The first kappa shape index (κ1) is 16.3. The van der Waals surface area contributed by atoms with Gasteiger partial charge < -0.3 is 10.1 Å². The van der Waals surface area contributed by atoms with Crippen molar-refractivity contribution in [2.45, 2.75) is 37.2 Å². The number of aromatic nitrogens is 2. The highest BCUT2D eigenvalue weighted by atomic mass is 32.2. The highest BCUT2D eigenvalue weighted by Gasteiger charge is 2.30. The van der Waals surface area contributed by atoms with Gasteiger partial charge in [-0.3, -0.25) is 9.00 Å². The molecule has 1 fully saturated rings. The Morgan fingerprint density at radius 1 is 1.24 bits per heavy atom. The van der Waals surface area contributed by atoms with Crippen LogP contribution in [-0.4, -0.2) is 27.0 Å². The lowest BCUT2D eigenvalue weighted by molar-refractivity contribution is -0.119. The van der Waals surface area contributed by atoms with Crippen LogP contribution in [0.2, 0.25) is 0 Å². The van der Waals surface area contributed by atoms with Crippen molar-refractivity contribution in [3.63, 3.8) is 0 Å². The second-order valence-electron chi connectivity index (χ2n) is 6.58. The summed E-state index contributed by atoms with van der Waals surface area (Å²) >= 11 is 0. The first-order valence-corrected chi connectivity index (χ1v) is 10.1. The molecule has 2 aliphatic rings. The Hall–Kier alpha value is -2.15. The van der Waals surface area contributed by atoms with Gasteiger partial charge in [0, 0.05) is 22.3 Å². The second-order valence-corrected chi connectivity index (χ2v) is 8.04. The van der Waals surface area contributed by atoms with E-state index in [1.165, 1.54) is 0 Å². The van der Waals surface area contributed by atoms with E-state index in [0.29, 0.717) is 17.3 Å². The maximum absolute atomic E-state index is 12.6. The maximum Gasteiger partial charge on any atom is 0.228 e. The lowest BCUT2D eigenvalue weighted by Crippen LogP contribution is -2.22. The number of methoxy groups -OCH3 is 1. The van der Waals surface area contributed by atoms with Crippen LogP contribution >= 0.6 is 0 Å². The molecule has 0 radical (unpaired) electrons. The van der Waals surface area contributed by atoms with Gasteiger partial charge in [-0.15, -0.1) is 0 Å². The summed E-state index contributed by atoms with van der Waals surface area (Å²) in [5.74, 6) is 2.45. The highest BCUT2D eigenvalue weighted by molar-refractivity contribution is 7.83. The number of fused-ring (bicyclic) bond motifs is 1.